The molecule has 0 spiro atoms. The van der Waals surface area contributed by atoms with Crippen molar-refractivity contribution in [2.75, 3.05) is 17.3 Å². The van der Waals surface area contributed by atoms with Crippen molar-refractivity contribution < 1.29 is 19.1 Å². The summed E-state index contributed by atoms with van der Waals surface area (Å²) in [7, 11) is 1.55. The molecule has 40 heavy (non-hydrogen) atoms. The van der Waals surface area contributed by atoms with Crippen LogP contribution in [0.2, 0.25) is 0 Å². The number of amides is 3. The largest absolute Gasteiger partial charge is 0.497 e. The number of thioether (sulfide) groups is 1. The van der Waals surface area contributed by atoms with Gasteiger partial charge in [-0.15, -0.1) is 0 Å². The number of hydrogen-bond donors (Lipinski definition) is 1. The third-order valence-electron chi connectivity index (χ3n) is 6.97. The van der Waals surface area contributed by atoms with Crippen molar-refractivity contribution in [2.45, 2.75) is 22.7 Å². The molecule has 0 radical (unpaired) electrons. The van der Waals surface area contributed by atoms with E-state index in [0.717, 1.165) is 21.4 Å². The van der Waals surface area contributed by atoms with Gasteiger partial charge in [-0.05, 0) is 54.1 Å². The van der Waals surface area contributed by atoms with Crippen LogP contribution < -0.4 is 19.8 Å². The number of nitrogens with one attached hydrogen (secondary N) is 1. The van der Waals surface area contributed by atoms with E-state index in [1.807, 2.05) is 42.5 Å². The Kier molecular flexibility index (Phi) is 7.11. The quantitative estimate of drug-likeness (QED) is 0.296. The van der Waals surface area contributed by atoms with Gasteiger partial charge < -0.3 is 10.1 Å². The van der Waals surface area contributed by atoms with Crippen LogP contribution in [0, 0.1) is 5.92 Å². The number of nitrogens with zero attached hydrogens (tertiary/aromatic N) is 2. The molecule has 3 aromatic carbocycles. The van der Waals surface area contributed by atoms with Gasteiger partial charge in [-0.25, -0.2) is 4.90 Å². The van der Waals surface area contributed by atoms with Gasteiger partial charge in [-0.3, -0.25) is 23.7 Å². The van der Waals surface area contributed by atoms with Crippen LogP contribution in [-0.2, 0) is 20.9 Å². The Bertz CT molecular complexity index is 1670. The molecule has 6 rings (SSSR count). The summed E-state index contributed by atoms with van der Waals surface area (Å²) in [6.07, 6.45) is 0. The summed E-state index contributed by atoms with van der Waals surface area (Å²) in [5.41, 5.74) is 1.90. The highest BCUT2D eigenvalue weighted by atomic mass is 79.9. The van der Waals surface area contributed by atoms with E-state index in [9.17, 15) is 19.2 Å². The highest BCUT2D eigenvalue weighted by Gasteiger charge is 2.56. The number of methoxy groups -OCH3 is 1. The van der Waals surface area contributed by atoms with Crippen LogP contribution in [0.1, 0.15) is 16.4 Å². The maximum absolute atomic E-state index is 13.9. The van der Waals surface area contributed by atoms with Gasteiger partial charge in [0.1, 0.15) is 17.5 Å². The van der Waals surface area contributed by atoms with Gasteiger partial charge in [0.15, 0.2) is 0 Å². The lowest BCUT2D eigenvalue weighted by Gasteiger charge is -2.30. The van der Waals surface area contributed by atoms with Gasteiger partial charge in [0, 0.05) is 21.0 Å². The molecule has 3 atom stereocenters. The third-order valence-corrected chi connectivity index (χ3v) is 10.1. The number of hydrogen-bond acceptors (Lipinski definition) is 7. The molecule has 2 aliphatic heterocycles. The van der Waals surface area contributed by atoms with E-state index in [0.29, 0.717) is 27.0 Å². The van der Waals surface area contributed by atoms with Crippen LogP contribution in [-0.4, -0.2) is 34.6 Å². The highest BCUT2D eigenvalue weighted by molar-refractivity contribution is 9.10. The lowest BCUT2D eigenvalue weighted by atomic mass is 9.83. The Hall–Kier alpha value is -3.67. The van der Waals surface area contributed by atoms with Gasteiger partial charge in [-0.2, -0.15) is 0 Å². The van der Waals surface area contributed by atoms with E-state index in [4.69, 9.17) is 4.74 Å². The molecule has 202 valence electrons. The standard InChI is InChI=1S/C29H22BrN3O5S2/c1-38-20-13-11-19(12-14-20)33-26(35)23-22(16-7-9-17(30)10-8-16)25-28(39-24(23)27(33)36)32(29(37)40-25)15-21(34)31-18-5-3-2-4-6-18/h2-14,22-24H,15H2,1H3,(H,31,34)/t22-,23?,24?/m1/s1. The van der Waals surface area contributed by atoms with Gasteiger partial charge in [0.25, 0.3) is 0 Å². The second-order valence-electron chi connectivity index (χ2n) is 9.34. The van der Waals surface area contributed by atoms with Crippen molar-refractivity contribution in [3.63, 3.8) is 0 Å². The number of ether oxygens (including phenoxy) is 1. The maximum Gasteiger partial charge on any atom is 0.308 e. The Morgan fingerprint density at radius 2 is 1.65 bits per heavy atom. The number of halogens is 1. The lowest BCUT2D eigenvalue weighted by molar-refractivity contribution is -0.122. The number of carbonyl (C=O) groups is 3. The molecule has 1 aromatic heterocycles. The van der Waals surface area contributed by atoms with E-state index < -0.39 is 17.1 Å². The number of rotatable bonds is 6. The van der Waals surface area contributed by atoms with E-state index in [1.54, 1.807) is 43.5 Å². The molecule has 2 unspecified atom stereocenters. The summed E-state index contributed by atoms with van der Waals surface area (Å²) >= 11 is 5.67. The van der Waals surface area contributed by atoms with Crippen LogP contribution in [0.5, 0.6) is 5.75 Å². The van der Waals surface area contributed by atoms with Crippen LogP contribution in [0.4, 0.5) is 11.4 Å². The van der Waals surface area contributed by atoms with Gasteiger partial charge in [0.05, 0.1) is 23.7 Å². The first kappa shape index (κ1) is 26.5. The number of imide groups is 1. The zero-order valence-corrected chi connectivity index (χ0v) is 24.3. The zero-order valence-electron chi connectivity index (χ0n) is 21.1. The number of aromatic nitrogens is 1. The maximum atomic E-state index is 13.9. The molecule has 1 saturated heterocycles. The Labute approximate surface area is 246 Å². The minimum Gasteiger partial charge on any atom is -0.497 e. The second kappa shape index (κ2) is 10.7. The average Bonchev–Trinajstić information content (AvgIpc) is 3.40. The molecule has 1 N–H and O–H groups in total. The average molecular weight is 637 g/mol. The number of thiazole rings is 1. The molecule has 2 aliphatic rings. The zero-order chi connectivity index (χ0) is 28.0. The second-order valence-corrected chi connectivity index (χ2v) is 12.4. The molecule has 3 amide bonds. The summed E-state index contributed by atoms with van der Waals surface area (Å²) in [6, 6.07) is 23.3. The first-order chi connectivity index (χ1) is 19.4. The SMILES string of the molecule is COc1ccc(N2C(=O)C3Sc4c(sc(=O)n4CC(=O)Nc4ccccc4)[C@H](c4ccc(Br)cc4)C3C2=O)cc1. The molecule has 0 saturated carbocycles. The van der Waals surface area contributed by atoms with E-state index in [2.05, 4.69) is 21.2 Å². The Morgan fingerprint density at radius 1 is 0.950 bits per heavy atom. The van der Waals surface area contributed by atoms with E-state index in [1.165, 1.54) is 21.2 Å². The molecular formula is C29H22BrN3O5S2. The lowest BCUT2D eigenvalue weighted by Crippen LogP contribution is -2.33. The van der Waals surface area contributed by atoms with Crippen LogP contribution in [0.25, 0.3) is 0 Å². The predicted octanol–water partition coefficient (Wildman–Crippen LogP) is 5.12. The molecular weight excluding hydrogens is 614 g/mol. The molecule has 0 aliphatic carbocycles. The van der Waals surface area contributed by atoms with Crippen LogP contribution in [0.3, 0.4) is 0 Å². The first-order valence-corrected chi connectivity index (χ1v) is 14.9. The summed E-state index contributed by atoms with van der Waals surface area (Å²) in [6.45, 7) is -0.207. The van der Waals surface area contributed by atoms with Crippen molar-refractivity contribution >= 4 is 68.1 Å². The number of fused-ring (bicyclic) bond motifs is 2. The van der Waals surface area contributed by atoms with Gasteiger partial charge in [0.2, 0.25) is 17.7 Å². The summed E-state index contributed by atoms with van der Waals surface area (Å²) in [4.78, 5) is 55.5. The third kappa shape index (κ3) is 4.67. The number of carbonyl (C=O) groups excluding carboxylic acids is 3. The van der Waals surface area contributed by atoms with Crippen molar-refractivity contribution in [1.82, 2.24) is 4.57 Å². The van der Waals surface area contributed by atoms with Crippen LogP contribution >= 0.6 is 39.0 Å². The highest BCUT2D eigenvalue weighted by Crippen LogP contribution is 2.54. The fraction of sp³-hybridized carbons (Fsp3) is 0.172. The molecule has 4 aromatic rings. The van der Waals surface area contributed by atoms with Gasteiger partial charge >= 0.3 is 4.87 Å². The minimum atomic E-state index is -0.756. The van der Waals surface area contributed by atoms with Gasteiger partial charge in [-0.1, -0.05) is 69.4 Å². The monoisotopic (exact) mass is 635 g/mol. The Morgan fingerprint density at radius 3 is 2.33 bits per heavy atom. The predicted molar refractivity (Wildman–Crippen MR) is 158 cm³/mol. The van der Waals surface area contributed by atoms with E-state index in [-0.39, 0.29) is 29.1 Å². The van der Waals surface area contributed by atoms with Crippen molar-refractivity contribution in [2.24, 2.45) is 5.92 Å². The number of para-hydroxylation sites is 1. The molecule has 11 heteroatoms. The number of anilines is 2. The molecule has 1 fully saturated rings. The van der Waals surface area contributed by atoms with E-state index >= 15 is 0 Å². The fourth-order valence-corrected chi connectivity index (χ4v) is 8.17. The summed E-state index contributed by atoms with van der Waals surface area (Å²) in [5.74, 6) is -1.65. The van der Waals surface area contributed by atoms with Crippen molar-refractivity contribution in [3.05, 3.63) is 103 Å². The minimum absolute atomic E-state index is 0.207. The first-order valence-electron chi connectivity index (χ1n) is 12.4. The summed E-state index contributed by atoms with van der Waals surface area (Å²) < 4.78 is 7.52. The molecule has 0 bridgehead atoms. The normalized spacial score (nSPS) is 19.8. The summed E-state index contributed by atoms with van der Waals surface area (Å²) in [5, 5.41) is 2.61. The Balaban J connectivity index is 1.41. The fourth-order valence-electron chi connectivity index (χ4n) is 5.14. The molecule has 3 heterocycles. The van der Waals surface area contributed by atoms with Crippen molar-refractivity contribution in [3.8, 4) is 5.75 Å². The van der Waals surface area contributed by atoms with Crippen LogP contribution in [0.15, 0.2) is 93.2 Å². The topological polar surface area (TPSA) is 97.7 Å². The molecule has 8 nitrogen and oxygen atoms in total. The number of benzene rings is 3. The van der Waals surface area contributed by atoms with Crippen molar-refractivity contribution in [1.29, 1.82) is 0 Å². The smallest absolute Gasteiger partial charge is 0.308 e.